The fourth-order valence-corrected chi connectivity index (χ4v) is 2.58. The zero-order valence-electron chi connectivity index (χ0n) is 11.6. The van der Waals surface area contributed by atoms with Crippen LogP contribution in [0.15, 0.2) is 54.1 Å². The molecule has 2 aromatic rings. The number of esters is 1. The molecule has 0 amide bonds. The van der Waals surface area contributed by atoms with Crippen molar-refractivity contribution in [3.63, 3.8) is 0 Å². The summed E-state index contributed by atoms with van der Waals surface area (Å²) in [5, 5.41) is 0. The Morgan fingerprint density at radius 3 is 2.57 bits per heavy atom. The van der Waals surface area contributed by atoms with Crippen LogP contribution >= 0.6 is 0 Å². The summed E-state index contributed by atoms with van der Waals surface area (Å²) in [7, 11) is 1.35. The number of ether oxygens (including phenoxy) is 1. The van der Waals surface area contributed by atoms with Crippen LogP contribution in [0.2, 0.25) is 0 Å². The van der Waals surface area contributed by atoms with Gasteiger partial charge in [-0.1, -0.05) is 42.5 Å². The Morgan fingerprint density at radius 2 is 1.81 bits per heavy atom. The fraction of sp³-hybridized carbons (Fsp3) is 0.111. The fourth-order valence-electron chi connectivity index (χ4n) is 2.58. The normalized spacial score (nSPS) is 15.1. The average Bonchev–Trinajstić information content (AvgIpc) is 2.84. The summed E-state index contributed by atoms with van der Waals surface area (Å²) >= 11 is 0. The smallest absolute Gasteiger partial charge is 0.338 e. The van der Waals surface area contributed by atoms with E-state index in [0.29, 0.717) is 23.1 Å². The summed E-state index contributed by atoms with van der Waals surface area (Å²) < 4.78 is 4.78. The van der Waals surface area contributed by atoms with Gasteiger partial charge in [-0.3, -0.25) is 4.79 Å². The van der Waals surface area contributed by atoms with Gasteiger partial charge >= 0.3 is 5.97 Å². The topological polar surface area (TPSA) is 43.4 Å². The van der Waals surface area contributed by atoms with Crippen molar-refractivity contribution in [2.24, 2.45) is 0 Å². The monoisotopic (exact) mass is 278 g/mol. The van der Waals surface area contributed by atoms with Crippen molar-refractivity contribution in [2.45, 2.75) is 6.42 Å². The third-order valence-corrected chi connectivity index (χ3v) is 3.63. The van der Waals surface area contributed by atoms with Crippen molar-refractivity contribution >= 4 is 17.8 Å². The van der Waals surface area contributed by atoms with E-state index in [1.54, 1.807) is 18.2 Å². The molecule has 0 saturated heterocycles. The number of carbonyl (C=O) groups excluding carboxylic acids is 2. The average molecular weight is 278 g/mol. The lowest BCUT2D eigenvalue weighted by Crippen LogP contribution is -2.04. The Labute approximate surface area is 122 Å². The predicted octanol–water partition coefficient (Wildman–Crippen LogP) is 3.30. The van der Waals surface area contributed by atoms with E-state index in [1.165, 1.54) is 7.11 Å². The van der Waals surface area contributed by atoms with Crippen LogP contribution in [0.1, 0.15) is 31.8 Å². The maximum absolute atomic E-state index is 12.4. The van der Waals surface area contributed by atoms with E-state index < -0.39 is 5.97 Å². The number of carbonyl (C=O) groups is 2. The number of fused-ring (bicyclic) bond motifs is 1. The molecule has 0 unspecified atom stereocenters. The van der Waals surface area contributed by atoms with Gasteiger partial charge in [0.25, 0.3) is 0 Å². The van der Waals surface area contributed by atoms with Gasteiger partial charge in [-0.25, -0.2) is 4.79 Å². The first-order chi connectivity index (χ1) is 10.2. The highest BCUT2D eigenvalue weighted by atomic mass is 16.5. The van der Waals surface area contributed by atoms with Crippen LogP contribution in [-0.2, 0) is 11.2 Å². The van der Waals surface area contributed by atoms with Crippen LogP contribution in [0.25, 0.3) is 6.08 Å². The minimum absolute atomic E-state index is 0.0327. The number of hydrogen-bond donors (Lipinski definition) is 0. The molecule has 0 N–H and O–H groups in total. The molecule has 104 valence electrons. The number of allylic oxidation sites excluding steroid dienone is 1. The third kappa shape index (κ3) is 2.38. The number of ketones is 1. The molecule has 0 aromatic heterocycles. The van der Waals surface area contributed by atoms with Gasteiger partial charge in [-0.05, 0) is 23.3 Å². The van der Waals surface area contributed by atoms with E-state index in [2.05, 4.69) is 0 Å². The molecule has 0 spiro atoms. The molecule has 21 heavy (non-hydrogen) atoms. The molecule has 0 fully saturated rings. The number of rotatable bonds is 2. The van der Waals surface area contributed by atoms with Crippen LogP contribution in [-0.4, -0.2) is 18.9 Å². The number of Topliss-reactive ketones (excluding diaryl/α,β-unsaturated/α-hetero) is 1. The molecule has 3 rings (SSSR count). The molecule has 0 atom stereocenters. The molecule has 3 heteroatoms. The quantitative estimate of drug-likeness (QED) is 0.625. The first kappa shape index (κ1) is 13.3. The van der Waals surface area contributed by atoms with E-state index in [-0.39, 0.29) is 5.78 Å². The lowest BCUT2D eigenvalue weighted by molar-refractivity contribution is 0.0600. The molecule has 3 nitrogen and oxygen atoms in total. The maximum Gasteiger partial charge on any atom is 0.338 e. The highest BCUT2D eigenvalue weighted by Gasteiger charge is 2.24. The van der Waals surface area contributed by atoms with Gasteiger partial charge in [0.2, 0.25) is 0 Å². The highest BCUT2D eigenvalue weighted by molar-refractivity contribution is 6.16. The minimum Gasteiger partial charge on any atom is -0.465 e. The predicted molar refractivity (Wildman–Crippen MR) is 80.2 cm³/mol. The van der Waals surface area contributed by atoms with Crippen LogP contribution in [0.4, 0.5) is 0 Å². The van der Waals surface area contributed by atoms with Crippen LogP contribution in [0.5, 0.6) is 0 Å². The summed E-state index contributed by atoms with van der Waals surface area (Å²) in [4.78, 5) is 24.1. The number of methoxy groups -OCH3 is 1. The van der Waals surface area contributed by atoms with E-state index in [4.69, 9.17) is 4.74 Å². The third-order valence-electron chi connectivity index (χ3n) is 3.63. The van der Waals surface area contributed by atoms with Crippen LogP contribution in [0, 0.1) is 0 Å². The largest absolute Gasteiger partial charge is 0.465 e. The molecule has 1 aliphatic carbocycles. The van der Waals surface area contributed by atoms with Crippen molar-refractivity contribution < 1.29 is 14.3 Å². The minimum atomic E-state index is -0.398. The van der Waals surface area contributed by atoms with Gasteiger partial charge in [-0.2, -0.15) is 0 Å². The van der Waals surface area contributed by atoms with Gasteiger partial charge in [0.1, 0.15) is 0 Å². The molecule has 0 aliphatic heterocycles. The first-order valence-corrected chi connectivity index (χ1v) is 6.71. The Kier molecular flexibility index (Phi) is 3.40. The van der Waals surface area contributed by atoms with Gasteiger partial charge < -0.3 is 4.74 Å². The summed E-state index contributed by atoms with van der Waals surface area (Å²) in [6, 6.07) is 14.7. The number of hydrogen-bond acceptors (Lipinski definition) is 3. The second-order valence-electron chi connectivity index (χ2n) is 4.91. The van der Waals surface area contributed by atoms with Gasteiger partial charge in [0, 0.05) is 17.6 Å². The van der Waals surface area contributed by atoms with Crippen molar-refractivity contribution in [1.82, 2.24) is 0 Å². The van der Waals surface area contributed by atoms with E-state index in [9.17, 15) is 9.59 Å². The lowest BCUT2D eigenvalue weighted by Gasteiger charge is -2.04. The van der Waals surface area contributed by atoms with Crippen molar-refractivity contribution in [3.05, 3.63) is 76.4 Å². The SMILES string of the molecule is COC(=O)c1ccccc1/C=C1/Cc2ccccc2C1=O. The van der Waals surface area contributed by atoms with Gasteiger partial charge in [0.05, 0.1) is 12.7 Å². The van der Waals surface area contributed by atoms with Gasteiger partial charge in [0.15, 0.2) is 5.78 Å². The summed E-state index contributed by atoms with van der Waals surface area (Å²) in [6.45, 7) is 0. The summed E-state index contributed by atoms with van der Waals surface area (Å²) in [5.41, 5.74) is 3.66. The Hall–Kier alpha value is -2.68. The second kappa shape index (κ2) is 5.37. The van der Waals surface area contributed by atoms with Crippen molar-refractivity contribution in [1.29, 1.82) is 0 Å². The zero-order chi connectivity index (χ0) is 14.8. The number of benzene rings is 2. The summed E-state index contributed by atoms with van der Waals surface area (Å²) in [6.07, 6.45) is 2.39. The maximum atomic E-state index is 12.4. The van der Waals surface area contributed by atoms with Crippen molar-refractivity contribution in [3.8, 4) is 0 Å². The summed E-state index contributed by atoms with van der Waals surface area (Å²) in [5.74, 6) is -0.365. The Bertz CT molecular complexity index is 757. The van der Waals surface area contributed by atoms with E-state index in [0.717, 1.165) is 11.1 Å². The standard InChI is InChI=1S/C18H14O3/c1-21-18(20)16-9-5-3-7-13(16)11-14-10-12-6-2-4-8-15(12)17(14)19/h2-9,11H,10H2,1H3/b14-11-. The molecular formula is C18H14O3. The van der Waals surface area contributed by atoms with Crippen LogP contribution in [0.3, 0.4) is 0 Å². The highest BCUT2D eigenvalue weighted by Crippen LogP contribution is 2.28. The molecule has 0 bridgehead atoms. The van der Waals surface area contributed by atoms with Gasteiger partial charge in [-0.15, -0.1) is 0 Å². The molecule has 2 aromatic carbocycles. The van der Waals surface area contributed by atoms with E-state index in [1.807, 2.05) is 36.4 Å². The molecule has 0 heterocycles. The molecule has 0 saturated carbocycles. The van der Waals surface area contributed by atoms with Crippen molar-refractivity contribution in [2.75, 3.05) is 7.11 Å². The second-order valence-corrected chi connectivity index (χ2v) is 4.91. The van der Waals surface area contributed by atoms with E-state index >= 15 is 0 Å². The van der Waals surface area contributed by atoms with Crippen LogP contribution < -0.4 is 0 Å². The zero-order valence-corrected chi connectivity index (χ0v) is 11.6. The molecule has 0 radical (unpaired) electrons. The molecular weight excluding hydrogens is 264 g/mol. The molecule has 1 aliphatic rings. The Balaban J connectivity index is 2.02. The lowest BCUT2D eigenvalue weighted by atomic mass is 10.0. The first-order valence-electron chi connectivity index (χ1n) is 6.71. The Morgan fingerprint density at radius 1 is 1.10 bits per heavy atom.